The fourth-order valence-corrected chi connectivity index (χ4v) is 3.68. The van der Waals surface area contributed by atoms with Crippen LogP contribution >= 0.6 is 0 Å². The Bertz CT molecular complexity index is 1150. The number of sulfone groups is 1. The predicted octanol–water partition coefficient (Wildman–Crippen LogP) is 3.73. The fourth-order valence-electron chi connectivity index (χ4n) is 3.05. The molecule has 0 radical (unpaired) electrons. The molecule has 170 valence electrons. The second-order valence-electron chi connectivity index (χ2n) is 7.48. The van der Waals surface area contributed by atoms with Crippen LogP contribution < -0.4 is 14.8 Å². The maximum absolute atomic E-state index is 12.8. The highest BCUT2D eigenvalue weighted by Crippen LogP contribution is 2.29. The number of hydrogen-bond acceptors (Lipinski definition) is 7. The topological polar surface area (TPSA) is 103 Å². The van der Waals surface area contributed by atoms with Gasteiger partial charge in [-0.1, -0.05) is 6.08 Å². The molecule has 1 amide bonds. The first-order chi connectivity index (χ1) is 15.1. The molecule has 0 aliphatic carbocycles. The van der Waals surface area contributed by atoms with Gasteiger partial charge in [0.1, 0.15) is 29.2 Å². The van der Waals surface area contributed by atoms with Crippen LogP contribution in [0.15, 0.2) is 64.1 Å². The minimum Gasteiger partial charge on any atom is -0.488 e. The van der Waals surface area contributed by atoms with Crippen molar-refractivity contribution in [3.8, 4) is 17.2 Å². The maximum atomic E-state index is 12.8. The highest BCUT2D eigenvalue weighted by atomic mass is 32.2. The lowest BCUT2D eigenvalue weighted by Crippen LogP contribution is -2.29. The van der Waals surface area contributed by atoms with E-state index in [1.54, 1.807) is 37.4 Å². The maximum Gasteiger partial charge on any atom is 0.256 e. The molecule has 0 aromatic heterocycles. The van der Waals surface area contributed by atoms with Crippen molar-refractivity contribution in [3.63, 3.8) is 0 Å². The number of rotatable bonds is 8. The third kappa shape index (κ3) is 6.41. The van der Waals surface area contributed by atoms with Crippen molar-refractivity contribution >= 4 is 21.6 Å². The van der Waals surface area contributed by atoms with E-state index in [0.29, 0.717) is 41.7 Å². The van der Waals surface area contributed by atoms with Crippen LogP contribution in [0.25, 0.3) is 0 Å². The van der Waals surface area contributed by atoms with Gasteiger partial charge in [0.15, 0.2) is 9.84 Å². The molecular formula is C23H26N2O6S. The number of allylic oxidation sites excluding steroid dienone is 1. The van der Waals surface area contributed by atoms with Crippen LogP contribution in [0.4, 0.5) is 0 Å². The first kappa shape index (κ1) is 23.5. The van der Waals surface area contributed by atoms with E-state index in [0.717, 1.165) is 12.0 Å². The summed E-state index contributed by atoms with van der Waals surface area (Å²) in [5.74, 6) is 1.46. The van der Waals surface area contributed by atoms with E-state index in [1.165, 1.54) is 12.1 Å². The average molecular weight is 459 g/mol. The van der Waals surface area contributed by atoms with E-state index in [4.69, 9.17) is 14.2 Å². The Balaban J connectivity index is 1.85. The summed E-state index contributed by atoms with van der Waals surface area (Å²) in [6.45, 7) is 4.09. The van der Waals surface area contributed by atoms with Crippen molar-refractivity contribution in [1.29, 1.82) is 0 Å². The highest BCUT2D eigenvalue weighted by Gasteiger charge is 2.16. The summed E-state index contributed by atoms with van der Waals surface area (Å²) in [6.07, 6.45) is 3.39. The van der Waals surface area contributed by atoms with E-state index in [1.807, 2.05) is 19.9 Å². The van der Waals surface area contributed by atoms with Crippen molar-refractivity contribution in [2.24, 2.45) is 4.99 Å². The highest BCUT2D eigenvalue weighted by molar-refractivity contribution is 7.90. The van der Waals surface area contributed by atoms with E-state index in [9.17, 15) is 13.2 Å². The van der Waals surface area contributed by atoms with Crippen molar-refractivity contribution in [2.75, 3.05) is 20.0 Å². The Morgan fingerprint density at radius 1 is 1.12 bits per heavy atom. The molecule has 32 heavy (non-hydrogen) atoms. The smallest absolute Gasteiger partial charge is 0.256 e. The second kappa shape index (κ2) is 9.97. The molecule has 8 nitrogen and oxygen atoms in total. The summed E-state index contributed by atoms with van der Waals surface area (Å²) in [7, 11) is -1.73. The van der Waals surface area contributed by atoms with Gasteiger partial charge in [-0.2, -0.15) is 0 Å². The number of hydrogen-bond donors (Lipinski definition) is 1. The number of amides is 1. The zero-order valence-electron chi connectivity index (χ0n) is 18.4. The molecule has 9 heteroatoms. The van der Waals surface area contributed by atoms with Crippen LogP contribution in [0.5, 0.6) is 17.2 Å². The first-order valence-corrected chi connectivity index (χ1v) is 11.9. The zero-order valence-corrected chi connectivity index (χ0v) is 19.2. The summed E-state index contributed by atoms with van der Waals surface area (Å²) < 4.78 is 40.2. The summed E-state index contributed by atoms with van der Waals surface area (Å²) in [6, 6.07) is 10.9. The molecule has 2 aromatic carbocycles. The predicted molar refractivity (Wildman–Crippen MR) is 121 cm³/mol. The number of carbonyl (C=O) groups is 1. The SMILES string of the molecule is COCC(C)Oc1cc(Oc2ccc(S(C)(=O)=O)cc2)cc(C(=O)NC2=NC(C)=CC2)c1. The molecule has 1 aliphatic heterocycles. The zero-order chi connectivity index (χ0) is 23.3. The Morgan fingerprint density at radius 3 is 2.41 bits per heavy atom. The van der Waals surface area contributed by atoms with Gasteiger partial charge in [-0.3, -0.25) is 4.79 Å². The van der Waals surface area contributed by atoms with Gasteiger partial charge in [-0.25, -0.2) is 13.4 Å². The van der Waals surface area contributed by atoms with E-state index >= 15 is 0 Å². The molecule has 1 aliphatic rings. The van der Waals surface area contributed by atoms with Crippen molar-refractivity contribution in [1.82, 2.24) is 5.32 Å². The second-order valence-corrected chi connectivity index (χ2v) is 9.50. The minimum absolute atomic E-state index is 0.191. The van der Waals surface area contributed by atoms with E-state index in [2.05, 4.69) is 10.3 Å². The number of nitrogens with one attached hydrogen (secondary N) is 1. The lowest BCUT2D eigenvalue weighted by molar-refractivity contribution is 0.0912. The molecule has 1 atom stereocenters. The molecule has 2 aromatic rings. The van der Waals surface area contributed by atoms with Gasteiger partial charge < -0.3 is 19.5 Å². The fraction of sp³-hybridized carbons (Fsp3) is 0.304. The van der Waals surface area contributed by atoms with Gasteiger partial charge in [0, 0.05) is 37.1 Å². The van der Waals surface area contributed by atoms with Gasteiger partial charge in [0.05, 0.1) is 11.5 Å². The van der Waals surface area contributed by atoms with Crippen LogP contribution in [0.3, 0.4) is 0 Å². The van der Waals surface area contributed by atoms with Crippen LogP contribution in [-0.2, 0) is 14.6 Å². The Labute approximate surface area is 187 Å². The third-order valence-corrected chi connectivity index (χ3v) is 5.66. The quantitative estimate of drug-likeness (QED) is 0.647. The van der Waals surface area contributed by atoms with Crippen LogP contribution in [0, 0.1) is 0 Å². The first-order valence-electron chi connectivity index (χ1n) is 9.98. The summed E-state index contributed by atoms with van der Waals surface area (Å²) >= 11 is 0. The molecule has 1 heterocycles. The number of ether oxygens (including phenoxy) is 3. The number of amidine groups is 1. The molecule has 0 bridgehead atoms. The van der Waals surface area contributed by atoms with Crippen molar-refractivity contribution < 1.29 is 27.4 Å². The standard InChI is InChI=1S/C23H26N2O6S/c1-15-5-10-22(24-15)25-23(26)17-11-19(30-16(2)14-29-3)13-20(12-17)31-18-6-8-21(9-7-18)32(4,27)28/h5-9,11-13,16H,10,14H2,1-4H3,(H,24,25,26). The van der Waals surface area contributed by atoms with Gasteiger partial charge in [-0.05, 0) is 50.2 Å². The molecule has 0 saturated heterocycles. The largest absolute Gasteiger partial charge is 0.488 e. The summed E-state index contributed by atoms with van der Waals surface area (Å²) in [5, 5.41) is 2.80. The molecule has 1 unspecified atom stereocenters. The molecule has 1 N–H and O–H groups in total. The van der Waals surface area contributed by atoms with Crippen molar-refractivity contribution in [2.45, 2.75) is 31.3 Å². The van der Waals surface area contributed by atoms with E-state index < -0.39 is 9.84 Å². The average Bonchev–Trinajstić information content (AvgIpc) is 3.12. The molecular weight excluding hydrogens is 432 g/mol. The Kier molecular flexibility index (Phi) is 7.32. The lowest BCUT2D eigenvalue weighted by Gasteiger charge is -2.16. The number of carbonyl (C=O) groups excluding carboxylic acids is 1. The molecule has 0 saturated carbocycles. The van der Waals surface area contributed by atoms with Crippen LogP contribution in [-0.4, -0.2) is 46.2 Å². The Morgan fingerprint density at radius 2 is 1.81 bits per heavy atom. The lowest BCUT2D eigenvalue weighted by atomic mass is 10.1. The number of aliphatic imine (C=N–C) groups is 1. The number of benzene rings is 2. The molecule has 3 rings (SSSR count). The summed E-state index contributed by atoms with van der Waals surface area (Å²) in [4.78, 5) is 17.3. The Hall–Kier alpha value is -3.17. The number of nitrogens with zero attached hydrogens (tertiary/aromatic N) is 1. The van der Waals surface area contributed by atoms with Gasteiger partial charge in [-0.15, -0.1) is 0 Å². The monoisotopic (exact) mass is 458 g/mol. The van der Waals surface area contributed by atoms with Crippen LogP contribution in [0.2, 0.25) is 0 Å². The number of methoxy groups -OCH3 is 1. The minimum atomic E-state index is -3.31. The van der Waals surface area contributed by atoms with Crippen molar-refractivity contribution in [3.05, 3.63) is 59.8 Å². The van der Waals surface area contributed by atoms with E-state index in [-0.39, 0.29) is 16.9 Å². The van der Waals surface area contributed by atoms with Gasteiger partial charge in [0.2, 0.25) is 0 Å². The normalized spacial score (nSPS) is 14.4. The third-order valence-electron chi connectivity index (χ3n) is 4.53. The molecule has 0 fully saturated rings. The molecule has 0 spiro atoms. The summed E-state index contributed by atoms with van der Waals surface area (Å²) in [5.41, 5.74) is 1.19. The van der Waals surface area contributed by atoms with Gasteiger partial charge in [0.25, 0.3) is 5.91 Å². The van der Waals surface area contributed by atoms with Gasteiger partial charge >= 0.3 is 0 Å². The van der Waals surface area contributed by atoms with Crippen LogP contribution in [0.1, 0.15) is 30.6 Å².